The summed E-state index contributed by atoms with van der Waals surface area (Å²) in [5.41, 5.74) is 2.45. The minimum Gasteiger partial charge on any atom is -0.357 e. The predicted molar refractivity (Wildman–Crippen MR) is 135 cm³/mol. The summed E-state index contributed by atoms with van der Waals surface area (Å²) in [6.07, 6.45) is 0.404. The van der Waals surface area contributed by atoms with E-state index >= 15 is 0 Å². The molecular weight excluding hydrogens is 503 g/mol. The van der Waals surface area contributed by atoms with Crippen LogP contribution in [0.4, 0.5) is 4.39 Å². The van der Waals surface area contributed by atoms with Crippen LogP contribution >= 0.6 is 27.7 Å². The van der Waals surface area contributed by atoms with Gasteiger partial charge in [-0.3, -0.25) is 9.59 Å². The van der Waals surface area contributed by atoms with E-state index in [1.807, 2.05) is 54.6 Å². The number of amides is 2. The van der Waals surface area contributed by atoms with Crippen molar-refractivity contribution in [2.24, 2.45) is 0 Å². The Hall–Kier alpha value is -2.64. The first-order chi connectivity index (χ1) is 16.0. The number of carbonyl (C=O) groups excluding carboxylic acids is 2. The van der Waals surface area contributed by atoms with Gasteiger partial charge in [-0.15, -0.1) is 11.8 Å². The van der Waals surface area contributed by atoms with E-state index in [4.69, 9.17) is 0 Å². The molecule has 1 atom stereocenters. The first kappa shape index (κ1) is 25.0. The molecule has 33 heavy (non-hydrogen) atoms. The predicted octanol–water partition coefficient (Wildman–Crippen LogP) is 5.21. The fourth-order valence-corrected chi connectivity index (χ4v) is 4.61. The average molecular weight is 529 g/mol. The van der Waals surface area contributed by atoms with Gasteiger partial charge in [-0.1, -0.05) is 76.6 Å². The molecule has 0 unspecified atom stereocenters. The van der Waals surface area contributed by atoms with Gasteiger partial charge in [0.25, 0.3) is 0 Å². The van der Waals surface area contributed by atoms with E-state index in [2.05, 4.69) is 21.2 Å². The molecule has 2 amide bonds. The fraction of sp³-hybridized carbons (Fsp3) is 0.231. The number of nitrogens with one attached hydrogen (secondary N) is 1. The standard InChI is InChI=1S/C26H26BrFN2O2S/c1-29-26(32)24(15-19-7-3-2-4-8-19)30(16-20-11-13-22(27)14-12-20)25(31)18-33-17-21-9-5-6-10-23(21)28/h2-14,24H,15-18H2,1H3,(H,29,32)/t24-/m0/s1. The lowest BCUT2D eigenvalue weighted by molar-refractivity contribution is -0.139. The Kier molecular flexibility index (Phi) is 9.51. The highest BCUT2D eigenvalue weighted by Gasteiger charge is 2.29. The van der Waals surface area contributed by atoms with Gasteiger partial charge in [0, 0.05) is 30.2 Å². The number of thioether (sulfide) groups is 1. The summed E-state index contributed by atoms with van der Waals surface area (Å²) in [6.45, 7) is 0.303. The average Bonchev–Trinajstić information content (AvgIpc) is 2.83. The molecule has 0 radical (unpaired) electrons. The van der Waals surface area contributed by atoms with Gasteiger partial charge in [-0.05, 0) is 34.9 Å². The maximum atomic E-state index is 13.9. The van der Waals surface area contributed by atoms with Crippen LogP contribution in [0.3, 0.4) is 0 Å². The number of likely N-dealkylation sites (N-methyl/N-ethyl adjacent to an activating group) is 1. The second-order valence-electron chi connectivity index (χ2n) is 7.55. The molecule has 3 aromatic carbocycles. The normalized spacial score (nSPS) is 11.6. The monoisotopic (exact) mass is 528 g/mol. The SMILES string of the molecule is CNC(=O)[C@H](Cc1ccccc1)N(Cc1ccc(Br)cc1)C(=O)CSCc1ccccc1F. The summed E-state index contributed by atoms with van der Waals surface area (Å²) in [7, 11) is 1.58. The van der Waals surface area contributed by atoms with E-state index < -0.39 is 6.04 Å². The van der Waals surface area contributed by atoms with E-state index in [9.17, 15) is 14.0 Å². The van der Waals surface area contributed by atoms with Gasteiger partial charge in [-0.2, -0.15) is 0 Å². The number of hydrogen-bond acceptors (Lipinski definition) is 3. The van der Waals surface area contributed by atoms with Gasteiger partial charge in [-0.25, -0.2) is 4.39 Å². The molecule has 0 heterocycles. The topological polar surface area (TPSA) is 49.4 Å². The zero-order valence-electron chi connectivity index (χ0n) is 18.3. The lowest BCUT2D eigenvalue weighted by Gasteiger charge is -2.31. The lowest BCUT2D eigenvalue weighted by atomic mass is 10.0. The molecule has 7 heteroatoms. The Morgan fingerprint density at radius 2 is 1.64 bits per heavy atom. The van der Waals surface area contributed by atoms with Crippen molar-refractivity contribution in [1.82, 2.24) is 10.2 Å². The zero-order chi connectivity index (χ0) is 23.6. The molecule has 0 spiro atoms. The van der Waals surface area contributed by atoms with Crippen molar-refractivity contribution >= 4 is 39.5 Å². The molecule has 0 aliphatic heterocycles. The van der Waals surface area contributed by atoms with Gasteiger partial charge in [0.1, 0.15) is 11.9 Å². The Morgan fingerprint density at radius 1 is 0.970 bits per heavy atom. The first-order valence-electron chi connectivity index (χ1n) is 10.6. The van der Waals surface area contributed by atoms with Crippen LogP contribution < -0.4 is 5.32 Å². The summed E-state index contributed by atoms with van der Waals surface area (Å²) < 4.78 is 14.9. The molecule has 1 N–H and O–H groups in total. The van der Waals surface area contributed by atoms with Crippen molar-refractivity contribution in [2.75, 3.05) is 12.8 Å². The molecular formula is C26H26BrFN2O2S. The van der Waals surface area contributed by atoms with Crippen molar-refractivity contribution in [1.29, 1.82) is 0 Å². The molecule has 172 valence electrons. The molecule has 3 aromatic rings. The van der Waals surface area contributed by atoms with E-state index in [1.54, 1.807) is 30.1 Å². The Morgan fingerprint density at radius 3 is 2.30 bits per heavy atom. The Bertz CT molecular complexity index is 1060. The minimum atomic E-state index is -0.664. The number of benzene rings is 3. The van der Waals surface area contributed by atoms with Crippen molar-refractivity contribution in [3.63, 3.8) is 0 Å². The minimum absolute atomic E-state index is 0.146. The molecule has 4 nitrogen and oxygen atoms in total. The van der Waals surface area contributed by atoms with Crippen LogP contribution in [0, 0.1) is 5.82 Å². The second kappa shape index (κ2) is 12.6. The molecule has 0 aliphatic carbocycles. The van der Waals surface area contributed by atoms with Crippen LogP contribution in [0.5, 0.6) is 0 Å². The number of nitrogens with zero attached hydrogens (tertiary/aromatic N) is 1. The number of halogens is 2. The summed E-state index contributed by atoms with van der Waals surface area (Å²) in [4.78, 5) is 27.9. The van der Waals surface area contributed by atoms with Crippen LogP contribution in [-0.4, -0.2) is 35.6 Å². The summed E-state index contributed by atoms with van der Waals surface area (Å²) in [5.74, 6) is -0.134. The summed E-state index contributed by atoms with van der Waals surface area (Å²) in [6, 6.07) is 23.2. The number of rotatable bonds is 10. The third-order valence-electron chi connectivity index (χ3n) is 5.22. The van der Waals surface area contributed by atoms with Crippen molar-refractivity contribution < 1.29 is 14.0 Å². The molecule has 0 fully saturated rings. The van der Waals surface area contributed by atoms with Gasteiger partial charge in [0.05, 0.1) is 5.75 Å². The maximum Gasteiger partial charge on any atom is 0.242 e. The zero-order valence-corrected chi connectivity index (χ0v) is 20.7. The maximum absolute atomic E-state index is 13.9. The molecule has 0 aromatic heterocycles. The van der Waals surface area contributed by atoms with Crippen LogP contribution in [0.1, 0.15) is 16.7 Å². The highest BCUT2D eigenvalue weighted by atomic mass is 79.9. The van der Waals surface area contributed by atoms with Crippen LogP contribution in [0.2, 0.25) is 0 Å². The Labute approximate surface area is 206 Å². The quantitative estimate of drug-likeness (QED) is 0.393. The third-order valence-corrected chi connectivity index (χ3v) is 6.72. The molecule has 0 saturated carbocycles. The summed E-state index contributed by atoms with van der Waals surface area (Å²) in [5, 5.41) is 2.71. The summed E-state index contributed by atoms with van der Waals surface area (Å²) >= 11 is 4.77. The highest BCUT2D eigenvalue weighted by Crippen LogP contribution is 2.20. The van der Waals surface area contributed by atoms with Gasteiger partial charge < -0.3 is 10.2 Å². The highest BCUT2D eigenvalue weighted by molar-refractivity contribution is 9.10. The van der Waals surface area contributed by atoms with E-state index in [-0.39, 0.29) is 23.4 Å². The molecule has 0 aliphatic rings. The van der Waals surface area contributed by atoms with Gasteiger partial charge in [0.2, 0.25) is 11.8 Å². The van der Waals surface area contributed by atoms with Crippen molar-refractivity contribution in [2.45, 2.75) is 24.8 Å². The van der Waals surface area contributed by atoms with Crippen LogP contribution in [0.15, 0.2) is 83.3 Å². The number of hydrogen-bond donors (Lipinski definition) is 1. The van der Waals surface area contributed by atoms with Crippen molar-refractivity contribution in [3.8, 4) is 0 Å². The second-order valence-corrected chi connectivity index (χ2v) is 9.45. The number of carbonyl (C=O) groups is 2. The van der Waals surface area contributed by atoms with Gasteiger partial charge >= 0.3 is 0 Å². The molecule has 0 bridgehead atoms. The smallest absolute Gasteiger partial charge is 0.242 e. The largest absolute Gasteiger partial charge is 0.357 e. The third kappa shape index (κ3) is 7.44. The van der Waals surface area contributed by atoms with Crippen LogP contribution in [-0.2, 0) is 28.3 Å². The van der Waals surface area contributed by atoms with Gasteiger partial charge in [0.15, 0.2) is 0 Å². The molecule has 0 saturated heterocycles. The van der Waals surface area contributed by atoms with E-state index in [1.165, 1.54) is 17.8 Å². The lowest BCUT2D eigenvalue weighted by Crippen LogP contribution is -2.50. The first-order valence-corrected chi connectivity index (χ1v) is 12.5. The van der Waals surface area contributed by atoms with E-state index in [0.717, 1.165) is 15.6 Å². The fourth-order valence-electron chi connectivity index (χ4n) is 3.45. The van der Waals surface area contributed by atoms with Crippen molar-refractivity contribution in [3.05, 3.63) is 106 Å². The Balaban J connectivity index is 1.80. The van der Waals surface area contributed by atoms with E-state index in [0.29, 0.717) is 24.3 Å². The molecule has 3 rings (SSSR count). The van der Waals surface area contributed by atoms with Crippen LogP contribution in [0.25, 0.3) is 0 Å².